The Bertz CT molecular complexity index is 440. The second-order valence-corrected chi connectivity index (χ2v) is 6.87. The Morgan fingerprint density at radius 1 is 1.21 bits per heavy atom. The predicted molar refractivity (Wildman–Crippen MR) is 76.9 cm³/mol. The molecule has 0 spiro atoms. The summed E-state index contributed by atoms with van der Waals surface area (Å²) in [4.78, 5) is 11.4. The first-order chi connectivity index (χ1) is 6.85. The quantitative estimate of drug-likeness (QED) is 0.310. The van der Waals surface area contributed by atoms with Crippen molar-refractivity contribution >= 4 is 57.7 Å². The molecule has 19 heavy (non-hydrogen) atoms. The molecule has 0 saturated heterocycles. The fourth-order valence-electron chi connectivity index (χ4n) is 0.732. The summed E-state index contributed by atoms with van der Waals surface area (Å²) in [6, 6.07) is 2.93. The summed E-state index contributed by atoms with van der Waals surface area (Å²) in [6.45, 7) is -3.53. The van der Waals surface area contributed by atoms with Gasteiger partial charge in [-0.2, -0.15) is 0 Å². The maximum absolute atomic E-state index is 11.4. The van der Waals surface area contributed by atoms with Crippen LogP contribution in [0, 0.1) is 0 Å². The van der Waals surface area contributed by atoms with Crippen LogP contribution in [0.1, 0.15) is 0 Å². The third kappa shape index (κ3) is 9.21. The molecule has 6 N–H and O–H groups in total. The fourth-order valence-corrected chi connectivity index (χ4v) is 2.32. The third-order valence-electron chi connectivity index (χ3n) is 1.41. The second-order valence-electron chi connectivity index (χ2n) is 2.42. The predicted octanol–water partition coefficient (Wildman–Crippen LogP) is -2.10. The van der Waals surface area contributed by atoms with Crippen molar-refractivity contribution in [2.75, 3.05) is 7.11 Å². The van der Waals surface area contributed by atoms with E-state index >= 15 is 0 Å². The first-order valence-electron chi connectivity index (χ1n) is 3.56. The van der Waals surface area contributed by atoms with Gasteiger partial charge in [0.25, 0.3) is 0 Å². The molecule has 0 bridgehead atoms. The molecule has 12 heteroatoms. The standard InChI is InChI=1S/C7H6BrCl2O3PS.Na.3H2O/c1-12-14(11,15)13-7-3-5(9)4(8)2-6(7)10;;;;/h2-3H,1H3,(H,11,15);;3*1H2/q;+1;;;/p-1. The molecule has 6 nitrogen and oxygen atoms in total. The van der Waals surface area contributed by atoms with Gasteiger partial charge in [0, 0.05) is 17.6 Å². The van der Waals surface area contributed by atoms with E-state index in [1.807, 2.05) is 0 Å². The van der Waals surface area contributed by atoms with E-state index in [1.165, 1.54) is 19.2 Å². The molecule has 1 rings (SSSR count). The van der Waals surface area contributed by atoms with Crippen molar-refractivity contribution in [1.82, 2.24) is 0 Å². The van der Waals surface area contributed by atoms with E-state index in [1.54, 1.807) is 0 Å². The van der Waals surface area contributed by atoms with Crippen molar-refractivity contribution in [2.45, 2.75) is 0 Å². The van der Waals surface area contributed by atoms with Crippen molar-refractivity contribution in [3.8, 4) is 5.75 Å². The van der Waals surface area contributed by atoms with Gasteiger partial charge in [-0.05, 0) is 33.8 Å². The monoisotopic (exact) mass is 426 g/mol. The molecule has 0 aliphatic carbocycles. The van der Waals surface area contributed by atoms with Gasteiger partial charge in [-0.15, -0.1) is 0 Å². The molecular formula is C7H11BrCl2NaO6PS. The Kier molecular flexibility index (Phi) is 18.3. The molecule has 0 aliphatic rings. The Labute approximate surface area is 156 Å². The molecule has 1 unspecified atom stereocenters. The van der Waals surface area contributed by atoms with Gasteiger partial charge in [0.15, 0.2) is 6.72 Å². The third-order valence-corrected chi connectivity index (χ3v) is 4.44. The Hall–Kier alpha value is 1.53. The van der Waals surface area contributed by atoms with E-state index < -0.39 is 6.72 Å². The summed E-state index contributed by atoms with van der Waals surface area (Å²) >= 11 is 19.4. The van der Waals surface area contributed by atoms with E-state index in [-0.39, 0.29) is 56.8 Å². The van der Waals surface area contributed by atoms with Gasteiger partial charge < -0.3 is 30.4 Å². The van der Waals surface area contributed by atoms with Gasteiger partial charge in [0.2, 0.25) is 0 Å². The molecule has 1 atom stereocenters. The molecule has 0 heterocycles. The van der Waals surface area contributed by atoms with Crippen LogP contribution in [0.25, 0.3) is 0 Å². The molecule has 0 fully saturated rings. The molecule has 1 aromatic carbocycles. The first kappa shape index (κ1) is 28.7. The van der Waals surface area contributed by atoms with Gasteiger partial charge in [0.1, 0.15) is 5.75 Å². The van der Waals surface area contributed by atoms with Crippen LogP contribution in [0.4, 0.5) is 0 Å². The van der Waals surface area contributed by atoms with Crippen LogP contribution in [0.5, 0.6) is 5.75 Å². The van der Waals surface area contributed by atoms with Gasteiger partial charge in [-0.1, -0.05) is 23.2 Å². The largest absolute Gasteiger partial charge is 1.00 e. The van der Waals surface area contributed by atoms with Gasteiger partial charge in [-0.25, -0.2) is 0 Å². The molecule has 0 aliphatic heterocycles. The maximum Gasteiger partial charge on any atom is 1.00 e. The Morgan fingerprint density at radius 3 is 2.11 bits per heavy atom. The maximum atomic E-state index is 11.4. The minimum Gasteiger partial charge on any atom is -0.770 e. The average molecular weight is 428 g/mol. The van der Waals surface area contributed by atoms with Crippen molar-refractivity contribution in [3.63, 3.8) is 0 Å². The van der Waals surface area contributed by atoms with E-state index in [2.05, 4.69) is 32.3 Å². The van der Waals surface area contributed by atoms with Crippen molar-refractivity contribution < 1.29 is 59.9 Å². The summed E-state index contributed by atoms with van der Waals surface area (Å²) in [5.74, 6) is 0.130. The number of halogens is 3. The molecular weight excluding hydrogens is 417 g/mol. The smallest absolute Gasteiger partial charge is 0.770 e. The number of hydrogen-bond acceptors (Lipinski definition) is 4. The zero-order valence-corrected chi connectivity index (χ0v) is 16.7. The van der Waals surface area contributed by atoms with E-state index in [0.717, 1.165) is 0 Å². The summed E-state index contributed by atoms with van der Waals surface area (Å²) in [6.07, 6.45) is 0. The minimum atomic E-state index is -3.53. The van der Waals surface area contributed by atoms with E-state index in [4.69, 9.17) is 27.7 Å². The van der Waals surface area contributed by atoms with Crippen LogP contribution in [-0.4, -0.2) is 23.5 Å². The van der Waals surface area contributed by atoms with Crippen molar-refractivity contribution in [1.29, 1.82) is 0 Å². The molecule has 0 radical (unpaired) electrons. The van der Waals surface area contributed by atoms with Gasteiger partial charge in [-0.3, -0.25) is 0 Å². The first-order valence-corrected chi connectivity index (χ1v) is 7.67. The van der Waals surface area contributed by atoms with Crippen LogP contribution in [0.15, 0.2) is 16.6 Å². The van der Waals surface area contributed by atoms with Crippen LogP contribution in [-0.2, 0) is 16.3 Å². The molecule has 1 aromatic rings. The number of rotatable bonds is 3. The molecule has 0 amide bonds. The van der Waals surface area contributed by atoms with E-state index in [0.29, 0.717) is 9.50 Å². The Balaban J connectivity index is -0.000000281. The zero-order valence-electron chi connectivity index (χ0n) is 9.87. The van der Waals surface area contributed by atoms with Crippen LogP contribution >= 0.6 is 45.9 Å². The second kappa shape index (κ2) is 12.1. The fraction of sp³-hybridized carbons (Fsp3) is 0.143. The molecule has 0 saturated carbocycles. The zero-order chi connectivity index (χ0) is 11.6. The minimum absolute atomic E-state index is 0. The van der Waals surface area contributed by atoms with Gasteiger partial charge >= 0.3 is 29.6 Å². The summed E-state index contributed by atoms with van der Waals surface area (Å²) in [5.41, 5.74) is 0. The molecule has 0 aromatic heterocycles. The summed E-state index contributed by atoms with van der Waals surface area (Å²) in [7, 11) is 1.20. The number of hydrogen-bond donors (Lipinski definition) is 0. The van der Waals surface area contributed by atoms with Crippen molar-refractivity contribution in [2.24, 2.45) is 0 Å². The van der Waals surface area contributed by atoms with Crippen LogP contribution < -0.4 is 39.0 Å². The Morgan fingerprint density at radius 2 is 1.68 bits per heavy atom. The van der Waals surface area contributed by atoms with Crippen molar-refractivity contribution in [3.05, 3.63) is 26.7 Å². The van der Waals surface area contributed by atoms with Crippen LogP contribution in [0.3, 0.4) is 0 Å². The van der Waals surface area contributed by atoms with Gasteiger partial charge in [0.05, 0.1) is 10.0 Å². The normalized spacial score (nSPS) is 11.6. The van der Waals surface area contributed by atoms with E-state index in [9.17, 15) is 4.89 Å². The SMILES string of the molecule is COP([O-])(=S)Oc1cc(Cl)c(Br)cc1Cl.O.O.O.[Na+]. The van der Waals surface area contributed by atoms with Crippen LogP contribution in [0.2, 0.25) is 10.0 Å². The number of benzene rings is 1. The topological polar surface area (TPSA) is 136 Å². The molecule has 108 valence electrons. The average Bonchev–Trinajstić information content (AvgIpc) is 2.14. The summed E-state index contributed by atoms with van der Waals surface area (Å²) in [5, 5.41) is 0.619. The summed E-state index contributed by atoms with van der Waals surface area (Å²) < 4.78 is 10.0.